The summed E-state index contributed by atoms with van der Waals surface area (Å²) >= 11 is 0. The summed E-state index contributed by atoms with van der Waals surface area (Å²) in [7, 11) is 1.76. The van der Waals surface area contributed by atoms with E-state index in [9.17, 15) is 9.59 Å². The number of aryl methyl sites for hydroxylation is 1. The highest BCUT2D eigenvalue weighted by Gasteiger charge is 2.31. The van der Waals surface area contributed by atoms with Crippen molar-refractivity contribution in [3.63, 3.8) is 0 Å². The van der Waals surface area contributed by atoms with Gasteiger partial charge in [0.2, 0.25) is 0 Å². The summed E-state index contributed by atoms with van der Waals surface area (Å²) in [6.45, 7) is 6.59. The highest BCUT2D eigenvalue weighted by atomic mass is 16.6. The highest BCUT2D eigenvalue weighted by Crippen LogP contribution is 2.28. The van der Waals surface area contributed by atoms with Gasteiger partial charge in [0.1, 0.15) is 5.60 Å². The fourth-order valence-electron chi connectivity index (χ4n) is 4.50. The van der Waals surface area contributed by atoms with E-state index < -0.39 is 5.60 Å². The van der Waals surface area contributed by atoms with Crippen molar-refractivity contribution in [1.29, 1.82) is 0 Å². The molecule has 4 aromatic rings. The maximum Gasteiger partial charge on any atom is 0.410 e. The molecule has 1 saturated heterocycles. The van der Waals surface area contributed by atoms with Gasteiger partial charge in [0.15, 0.2) is 5.65 Å². The van der Waals surface area contributed by atoms with E-state index in [1.165, 1.54) is 0 Å². The molecule has 1 fully saturated rings. The van der Waals surface area contributed by atoms with Crippen molar-refractivity contribution >= 4 is 22.8 Å². The predicted molar refractivity (Wildman–Crippen MR) is 125 cm³/mol. The zero-order chi connectivity index (χ0) is 23.3. The molecule has 0 saturated carbocycles. The van der Waals surface area contributed by atoms with Gasteiger partial charge in [-0.25, -0.2) is 19.1 Å². The Morgan fingerprint density at radius 2 is 1.97 bits per heavy atom. The number of hydrogen-bond acceptors (Lipinski definition) is 5. The fraction of sp³-hybridized carbons (Fsp3) is 0.417. The minimum Gasteiger partial charge on any atom is -0.444 e. The Bertz CT molecular complexity index is 1410. The summed E-state index contributed by atoms with van der Waals surface area (Å²) in [6.07, 6.45) is 4.92. The van der Waals surface area contributed by atoms with Crippen LogP contribution in [0.5, 0.6) is 0 Å². The van der Waals surface area contributed by atoms with E-state index in [4.69, 9.17) is 9.72 Å². The molecule has 1 atom stereocenters. The van der Waals surface area contributed by atoms with Crippen LogP contribution >= 0.6 is 0 Å². The van der Waals surface area contributed by atoms with Crippen LogP contribution in [0.4, 0.5) is 4.79 Å². The van der Waals surface area contributed by atoms with Crippen LogP contribution in [0.3, 0.4) is 0 Å². The maximum absolute atomic E-state index is 13.2. The Kier molecular flexibility index (Phi) is 4.99. The molecule has 1 unspecified atom stereocenters. The Hall–Kier alpha value is -3.62. The van der Waals surface area contributed by atoms with Crippen molar-refractivity contribution in [2.24, 2.45) is 7.05 Å². The van der Waals surface area contributed by atoms with E-state index in [2.05, 4.69) is 5.10 Å². The quantitative estimate of drug-likeness (QED) is 0.467. The molecule has 5 rings (SSSR count). The smallest absolute Gasteiger partial charge is 0.410 e. The highest BCUT2D eigenvalue weighted by molar-refractivity contribution is 5.82. The van der Waals surface area contributed by atoms with Crippen molar-refractivity contribution in [3.8, 4) is 11.3 Å². The molecule has 4 aromatic heterocycles. The molecule has 0 aliphatic carbocycles. The number of pyridine rings is 2. The second kappa shape index (κ2) is 7.75. The van der Waals surface area contributed by atoms with Gasteiger partial charge in [0.25, 0.3) is 0 Å². The van der Waals surface area contributed by atoms with Gasteiger partial charge in [-0.3, -0.25) is 9.13 Å². The topological polar surface area (TPSA) is 86.7 Å². The third-order valence-electron chi connectivity index (χ3n) is 6.05. The average Bonchev–Trinajstić information content (AvgIpc) is 3.32. The van der Waals surface area contributed by atoms with E-state index in [1.54, 1.807) is 31.8 Å². The Labute approximate surface area is 191 Å². The normalized spacial score (nSPS) is 17.1. The van der Waals surface area contributed by atoms with Crippen LogP contribution in [0, 0.1) is 0 Å². The van der Waals surface area contributed by atoms with Crippen LogP contribution in [0.1, 0.15) is 39.7 Å². The first kappa shape index (κ1) is 21.2. The number of likely N-dealkylation sites (tertiary alicyclic amines) is 1. The lowest BCUT2D eigenvalue weighted by Gasteiger charge is -2.34. The van der Waals surface area contributed by atoms with Crippen LogP contribution in [0.2, 0.25) is 0 Å². The van der Waals surface area contributed by atoms with Gasteiger partial charge < -0.3 is 9.64 Å². The van der Waals surface area contributed by atoms with Gasteiger partial charge in [-0.2, -0.15) is 5.10 Å². The third-order valence-corrected chi connectivity index (χ3v) is 6.05. The first-order chi connectivity index (χ1) is 15.7. The van der Waals surface area contributed by atoms with E-state index in [-0.39, 0.29) is 17.8 Å². The van der Waals surface area contributed by atoms with Crippen molar-refractivity contribution in [3.05, 3.63) is 53.2 Å². The maximum atomic E-state index is 13.2. The van der Waals surface area contributed by atoms with Crippen molar-refractivity contribution in [2.45, 2.75) is 45.3 Å². The standard InChI is InChI=1S/C24H28N6O3/c1-24(2,3)33-23(32)28-12-7-8-16(15-28)30-21-20(27(4)22(30)31)11-10-18(26-21)17-14-25-29-13-6-5-9-19(17)29/h5-6,9-11,13-14,16H,7-8,12,15H2,1-4H3. The number of carbonyl (C=O) groups is 1. The van der Waals surface area contributed by atoms with Gasteiger partial charge >= 0.3 is 11.8 Å². The molecule has 1 amide bonds. The number of fused-ring (bicyclic) bond motifs is 2. The molecule has 9 heteroatoms. The second-order valence-electron chi connectivity index (χ2n) is 9.56. The number of imidazole rings is 1. The minimum atomic E-state index is -0.564. The largest absolute Gasteiger partial charge is 0.444 e. The first-order valence-corrected chi connectivity index (χ1v) is 11.2. The molecular weight excluding hydrogens is 420 g/mol. The van der Waals surface area contributed by atoms with Crippen molar-refractivity contribution < 1.29 is 9.53 Å². The molecule has 0 aromatic carbocycles. The molecule has 5 heterocycles. The van der Waals surface area contributed by atoms with Crippen LogP contribution < -0.4 is 5.69 Å². The molecule has 0 N–H and O–H groups in total. The van der Waals surface area contributed by atoms with E-state index >= 15 is 0 Å². The number of nitrogens with zero attached hydrogens (tertiary/aromatic N) is 6. The Balaban J connectivity index is 1.55. The number of carbonyl (C=O) groups excluding carboxylic acids is 1. The monoisotopic (exact) mass is 448 g/mol. The molecule has 172 valence electrons. The Morgan fingerprint density at radius 1 is 1.15 bits per heavy atom. The summed E-state index contributed by atoms with van der Waals surface area (Å²) in [5.41, 5.74) is 3.28. The summed E-state index contributed by atoms with van der Waals surface area (Å²) in [5, 5.41) is 4.41. The van der Waals surface area contributed by atoms with Gasteiger partial charge in [0, 0.05) is 31.9 Å². The zero-order valence-electron chi connectivity index (χ0n) is 19.4. The minimum absolute atomic E-state index is 0.134. The number of ether oxygens (including phenoxy) is 1. The van der Waals surface area contributed by atoms with E-state index in [0.29, 0.717) is 18.7 Å². The third kappa shape index (κ3) is 3.77. The summed E-state index contributed by atoms with van der Waals surface area (Å²) in [5.74, 6) is 0. The zero-order valence-corrected chi connectivity index (χ0v) is 19.4. The lowest BCUT2D eigenvalue weighted by atomic mass is 10.1. The average molecular weight is 449 g/mol. The van der Waals surface area contributed by atoms with Gasteiger partial charge in [0.05, 0.1) is 29.0 Å². The van der Waals surface area contributed by atoms with Gasteiger partial charge in [-0.15, -0.1) is 0 Å². The number of rotatable bonds is 2. The van der Waals surface area contributed by atoms with Crippen LogP contribution in [0.25, 0.3) is 27.9 Å². The molecule has 0 radical (unpaired) electrons. The second-order valence-corrected chi connectivity index (χ2v) is 9.56. The van der Waals surface area contributed by atoms with Crippen LogP contribution in [-0.2, 0) is 11.8 Å². The Morgan fingerprint density at radius 3 is 2.76 bits per heavy atom. The van der Waals surface area contributed by atoms with E-state index in [1.807, 2.05) is 57.3 Å². The molecule has 9 nitrogen and oxygen atoms in total. The van der Waals surface area contributed by atoms with E-state index in [0.717, 1.165) is 35.1 Å². The van der Waals surface area contributed by atoms with Crippen molar-refractivity contribution in [2.75, 3.05) is 13.1 Å². The van der Waals surface area contributed by atoms with Crippen LogP contribution in [0.15, 0.2) is 47.5 Å². The molecule has 0 spiro atoms. The lowest BCUT2D eigenvalue weighted by Crippen LogP contribution is -2.45. The van der Waals surface area contributed by atoms with Gasteiger partial charge in [-0.1, -0.05) is 6.07 Å². The number of amides is 1. The summed E-state index contributed by atoms with van der Waals surface area (Å²) < 4.78 is 10.7. The van der Waals surface area contributed by atoms with Gasteiger partial charge in [-0.05, 0) is 57.9 Å². The summed E-state index contributed by atoms with van der Waals surface area (Å²) in [6, 6.07) is 9.56. The predicted octanol–water partition coefficient (Wildman–Crippen LogP) is 3.62. The fourth-order valence-corrected chi connectivity index (χ4v) is 4.50. The number of piperidine rings is 1. The SMILES string of the molecule is Cn1c(=O)n(C2CCCN(C(=O)OC(C)(C)C)C2)c2nc(-c3cnn4ccccc34)ccc21. The molecule has 0 bridgehead atoms. The summed E-state index contributed by atoms with van der Waals surface area (Å²) in [4.78, 5) is 32.5. The first-order valence-electron chi connectivity index (χ1n) is 11.2. The molecule has 33 heavy (non-hydrogen) atoms. The van der Waals surface area contributed by atoms with Crippen molar-refractivity contribution in [1.82, 2.24) is 28.6 Å². The van der Waals surface area contributed by atoms with Crippen LogP contribution in [-0.4, -0.2) is 53.4 Å². The molecule has 1 aliphatic rings. The molecule has 1 aliphatic heterocycles. The number of aromatic nitrogens is 5. The number of hydrogen-bond donors (Lipinski definition) is 0. The lowest BCUT2D eigenvalue weighted by molar-refractivity contribution is 0.0172. The molecular formula is C24H28N6O3.